The zero-order chi connectivity index (χ0) is 17.9. The van der Waals surface area contributed by atoms with E-state index in [1.54, 1.807) is 61.3 Å². The van der Waals surface area contributed by atoms with Gasteiger partial charge in [-0.25, -0.2) is 0 Å². The minimum Gasteiger partial charge on any atom is -0.496 e. The van der Waals surface area contributed by atoms with Gasteiger partial charge in [0.05, 0.1) is 14.2 Å². The van der Waals surface area contributed by atoms with Gasteiger partial charge in [0.2, 0.25) is 0 Å². The molecule has 0 amide bonds. The Morgan fingerprint density at radius 3 is 1.35 bits per heavy atom. The summed E-state index contributed by atoms with van der Waals surface area (Å²) in [5.74, 6) is 1.72. The average Bonchev–Trinajstić information content (AvgIpc) is 3.36. The second-order valence-corrected chi connectivity index (χ2v) is 9.71. The monoisotopic (exact) mass is 416 g/mol. The molecule has 2 aliphatic rings. The Kier molecular flexibility index (Phi) is 5.64. The van der Waals surface area contributed by atoms with Crippen molar-refractivity contribution >= 4 is 70.0 Å². The first-order chi connectivity index (χ1) is 12.8. The zero-order valence-corrected chi connectivity index (χ0v) is 17.5. The van der Waals surface area contributed by atoms with Crippen LogP contribution in [0.25, 0.3) is 22.9 Å². The third-order valence-electron chi connectivity index (χ3n) is 3.98. The van der Waals surface area contributed by atoms with Crippen LogP contribution in [0, 0.1) is 0 Å². The van der Waals surface area contributed by atoms with Gasteiger partial charge in [-0.05, 0) is 57.0 Å². The Hall–Kier alpha value is -1.34. The SMILES string of the molecule is COc1ccc(C=C2SC=CS2)c2c(OC)ccc(C=C3SC=CS3)c12. The second kappa shape index (κ2) is 8.13. The Morgan fingerprint density at radius 2 is 1.00 bits per heavy atom. The molecule has 0 fully saturated rings. The van der Waals surface area contributed by atoms with Gasteiger partial charge in [0.1, 0.15) is 11.5 Å². The van der Waals surface area contributed by atoms with Crippen LogP contribution in [-0.2, 0) is 0 Å². The standard InChI is InChI=1S/C20H16O2S4/c1-21-15-5-3-14(12-18-25-9-10-26-18)20-16(22-2)6-4-13(19(15)20)11-17-23-7-8-24-17/h3-12H,1-2H3. The highest BCUT2D eigenvalue weighted by molar-refractivity contribution is 8.28. The van der Waals surface area contributed by atoms with E-state index in [0.717, 1.165) is 33.4 Å². The molecule has 6 heteroatoms. The van der Waals surface area contributed by atoms with Crippen LogP contribution < -0.4 is 9.47 Å². The lowest BCUT2D eigenvalue weighted by Gasteiger charge is -2.15. The fourth-order valence-corrected chi connectivity index (χ4v) is 6.21. The molecule has 2 aromatic rings. The molecule has 0 aliphatic carbocycles. The first kappa shape index (κ1) is 18.0. The molecule has 0 saturated carbocycles. The maximum Gasteiger partial charge on any atom is 0.127 e. The minimum atomic E-state index is 0.860. The third kappa shape index (κ3) is 3.56. The fourth-order valence-electron chi connectivity index (χ4n) is 2.89. The van der Waals surface area contributed by atoms with Crippen molar-refractivity contribution in [2.75, 3.05) is 14.2 Å². The molecule has 26 heavy (non-hydrogen) atoms. The van der Waals surface area contributed by atoms with Crippen LogP contribution in [0.3, 0.4) is 0 Å². The molecule has 0 bridgehead atoms. The van der Waals surface area contributed by atoms with E-state index >= 15 is 0 Å². The van der Waals surface area contributed by atoms with Crippen molar-refractivity contribution in [3.63, 3.8) is 0 Å². The topological polar surface area (TPSA) is 18.5 Å². The summed E-state index contributed by atoms with van der Waals surface area (Å²) in [6, 6.07) is 8.30. The van der Waals surface area contributed by atoms with E-state index in [1.807, 2.05) is 12.1 Å². The molecule has 0 radical (unpaired) electrons. The Balaban J connectivity index is 1.96. The molecular weight excluding hydrogens is 400 g/mol. The van der Waals surface area contributed by atoms with Crippen LogP contribution in [0.15, 0.2) is 54.4 Å². The van der Waals surface area contributed by atoms with E-state index in [1.165, 1.54) is 8.47 Å². The molecule has 2 aliphatic heterocycles. The first-order valence-corrected chi connectivity index (χ1v) is 11.4. The summed E-state index contributed by atoms with van der Waals surface area (Å²) in [7, 11) is 3.44. The van der Waals surface area contributed by atoms with Gasteiger partial charge in [-0.15, -0.1) is 0 Å². The van der Waals surface area contributed by atoms with Gasteiger partial charge in [-0.3, -0.25) is 0 Å². The van der Waals surface area contributed by atoms with Crippen LogP contribution in [0.5, 0.6) is 11.5 Å². The smallest absolute Gasteiger partial charge is 0.127 e. The number of benzene rings is 2. The number of hydrogen-bond acceptors (Lipinski definition) is 6. The molecule has 2 nitrogen and oxygen atoms in total. The third-order valence-corrected chi connectivity index (χ3v) is 7.97. The largest absolute Gasteiger partial charge is 0.496 e. The molecule has 0 spiro atoms. The summed E-state index contributed by atoms with van der Waals surface area (Å²) >= 11 is 6.98. The zero-order valence-electron chi connectivity index (χ0n) is 14.2. The van der Waals surface area contributed by atoms with Gasteiger partial charge in [0, 0.05) is 19.2 Å². The van der Waals surface area contributed by atoms with Gasteiger partial charge in [0.25, 0.3) is 0 Å². The molecule has 0 aromatic heterocycles. The molecule has 0 atom stereocenters. The van der Waals surface area contributed by atoms with Crippen molar-refractivity contribution < 1.29 is 9.47 Å². The molecule has 132 valence electrons. The summed E-state index contributed by atoms with van der Waals surface area (Å²) < 4.78 is 13.9. The van der Waals surface area contributed by atoms with Crippen LogP contribution in [-0.4, -0.2) is 14.2 Å². The van der Waals surface area contributed by atoms with Crippen LogP contribution in [0.4, 0.5) is 0 Å². The number of fused-ring (bicyclic) bond motifs is 1. The van der Waals surface area contributed by atoms with Crippen molar-refractivity contribution in [3.05, 3.63) is 65.5 Å². The quantitative estimate of drug-likeness (QED) is 0.515. The van der Waals surface area contributed by atoms with E-state index in [0.29, 0.717) is 0 Å². The van der Waals surface area contributed by atoms with E-state index in [2.05, 4.69) is 45.9 Å². The molecule has 2 aromatic carbocycles. The summed E-state index contributed by atoms with van der Waals surface area (Å²) in [4.78, 5) is 0. The second-order valence-electron chi connectivity index (χ2n) is 5.41. The highest BCUT2D eigenvalue weighted by Crippen LogP contribution is 2.45. The molecule has 0 saturated heterocycles. The summed E-state index contributed by atoms with van der Waals surface area (Å²) in [6.45, 7) is 0. The van der Waals surface area contributed by atoms with Crippen molar-refractivity contribution in [3.8, 4) is 11.5 Å². The van der Waals surface area contributed by atoms with Crippen molar-refractivity contribution in [2.24, 2.45) is 0 Å². The lowest BCUT2D eigenvalue weighted by atomic mass is 9.98. The molecule has 2 heterocycles. The van der Waals surface area contributed by atoms with Gasteiger partial charge in [-0.2, -0.15) is 0 Å². The van der Waals surface area contributed by atoms with Gasteiger partial charge in [-0.1, -0.05) is 59.2 Å². The Bertz CT molecular complexity index is 874. The molecule has 4 rings (SSSR count). The van der Waals surface area contributed by atoms with Crippen molar-refractivity contribution in [2.45, 2.75) is 0 Å². The number of ether oxygens (including phenoxy) is 2. The average molecular weight is 417 g/mol. The van der Waals surface area contributed by atoms with Gasteiger partial charge in [0.15, 0.2) is 0 Å². The van der Waals surface area contributed by atoms with Crippen LogP contribution in [0.2, 0.25) is 0 Å². The fraction of sp³-hybridized carbons (Fsp3) is 0.100. The van der Waals surface area contributed by atoms with Crippen LogP contribution >= 0.6 is 47.0 Å². The number of thioether (sulfide) groups is 4. The molecule has 0 unspecified atom stereocenters. The van der Waals surface area contributed by atoms with E-state index in [9.17, 15) is 0 Å². The van der Waals surface area contributed by atoms with Gasteiger partial charge < -0.3 is 9.47 Å². The van der Waals surface area contributed by atoms with E-state index < -0.39 is 0 Å². The van der Waals surface area contributed by atoms with E-state index in [4.69, 9.17) is 9.47 Å². The molecular formula is C20H16O2S4. The highest BCUT2D eigenvalue weighted by atomic mass is 32.2. The Labute approximate surface area is 170 Å². The normalized spacial score (nSPS) is 15.8. The highest BCUT2D eigenvalue weighted by Gasteiger charge is 2.16. The predicted octanol–water partition coefficient (Wildman–Crippen LogP) is 7.36. The predicted molar refractivity (Wildman–Crippen MR) is 122 cm³/mol. The maximum atomic E-state index is 5.70. The maximum absolute atomic E-state index is 5.70. The molecule has 0 N–H and O–H groups in total. The summed E-state index contributed by atoms with van der Waals surface area (Å²) in [5.41, 5.74) is 2.28. The minimum absolute atomic E-state index is 0.860. The van der Waals surface area contributed by atoms with Crippen molar-refractivity contribution in [1.82, 2.24) is 0 Å². The first-order valence-electron chi connectivity index (χ1n) is 7.88. The Morgan fingerprint density at radius 1 is 0.615 bits per heavy atom. The number of hydrogen-bond donors (Lipinski definition) is 0. The van der Waals surface area contributed by atoms with E-state index in [-0.39, 0.29) is 0 Å². The van der Waals surface area contributed by atoms with Crippen LogP contribution in [0.1, 0.15) is 11.1 Å². The lowest BCUT2D eigenvalue weighted by molar-refractivity contribution is 0.415. The summed E-state index contributed by atoms with van der Waals surface area (Å²) in [5, 5.41) is 10.6. The number of methoxy groups -OCH3 is 2. The van der Waals surface area contributed by atoms with Gasteiger partial charge >= 0.3 is 0 Å². The lowest BCUT2D eigenvalue weighted by Crippen LogP contribution is -1.94. The summed E-state index contributed by atoms with van der Waals surface area (Å²) in [6.07, 6.45) is 4.44. The number of rotatable bonds is 4. The van der Waals surface area contributed by atoms with Crippen molar-refractivity contribution in [1.29, 1.82) is 0 Å².